The molecule has 66 valence electrons. The van der Waals surface area contributed by atoms with Gasteiger partial charge < -0.3 is 4.74 Å². The Morgan fingerprint density at radius 1 is 1.33 bits per heavy atom. The Balaban J connectivity index is 3.14. The molecule has 0 atom stereocenters. The first kappa shape index (κ1) is 9.92. The van der Waals surface area contributed by atoms with E-state index >= 15 is 0 Å². The number of alkyl halides is 1. The zero-order valence-electron chi connectivity index (χ0n) is 5.78. The molecule has 0 aliphatic rings. The van der Waals surface area contributed by atoms with Crippen LogP contribution in [0.1, 0.15) is 0 Å². The number of hydrogen-bond donors (Lipinski definition) is 0. The number of hydrogen-bond acceptors (Lipinski definition) is 1. The van der Waals surface area contributed by atoms with E-state index in [1.807, 2.05) is 0 Å². The zero-order valence-corrected chi connectivity index (χ0v) is 8.95. The highest BCUT2D eigenvalue weighted by atomic mass is 79.9. The fraction of sp³-hybridized carbons (Fsp3) is 0.143. The summed E-state index contributed by atoms with van der Waals surface area (Å²) in [6, 6.07) is 2.70. The maximum Gasteiger partial charge on any atom is 0.228 e. The van der Waals surface area contributed by atoms with Gasteiger partial charge in [-0.05, 0) is 44.0 Å². The highest BCUT2D eigenvalue weighted by molar-refractivity contribution is 9.11. The molecule has 1 rings (SSSR count). The summed E-state index contributed by atoms with van der Waals surface area (Å²) in [5, 5.41) is 0. The van der Waals surface area contributed by atoms with Gasteiger partial charge in [0.05, 0.1) is 8.95 Å². The predicted molar refractivity (Wildman–Crippen MR) is 48.4 cm³/mol. The first-order chi connectivity index (χ1) is 5.66. The van der Waals surface area contributed by atoms with Crippen LogP contribution < -0.4 is 4.74 Å². The predicted octanol–water partition coefficient (Wildman–Crippen LogP) is 3.66. The van der Waals surface area contributed by atoms with E-state index in [0.717, 1.165) is 0 Å². The Bertz CT molecular complexity index is 291. The van der Waals surface area contributed by atoms with Gasteiger partial charge in [0, 0.05) is 0 Å². The molecule has 0 N–H and O–H groups in total. The van der Waals surface area contributed by atoms with Gasteiger partial charge in [0.2, 0.25) is 6.86 Å². The maximum atomic E-state index is 12.8. The number of halogens is 4. The third-order valence-electron chi connectivity index (χ3n) is 1.20. The monoisotopic (exact) mass is 300 g/mol. The lowest BCUT2D eigenvalue weighted by atomic mass is 10.3. The quantitative estimate of drug-likeness (QED) is 0.758. The number of rotatable bonds is 2. The van der Waals surface area contributed by atoms with Crippen LogP contribution in [0.15, 0.2) is 21.1 Å². The van der Waals surface area contributed by atoms with Crippen LogP contribution in [0.4, 0.5) is 8.78 Å². The molecule has 0 heterocycles. The average molecular weight is 302 g/mol. The summed E-state index contributed by atoms with van der Waals surface area (Å²) >= 11 is 6.03. The van der Waals surface area contributed by atoms with Crippen molar-refractivity contribution in [3.05, 3.63) is 26.9 Å². The van der Waals surface area contributed by atoms with Gasteiger partial charge in [-0.15, -0.1) is 0 Å². The van der Waals surface area contributed by atoms with E-state index in [9.17, 15) is 8.78 Å². The molecule has 0 aliphatic heterocycles. The SMILES string of the molecule is FCOc1c(Br)ccc(F)c1Br. The summed E-state index contributed by atoms with van der Waals surface area (Å²) in [5.74, 6) is -0.348. The average Bonchev–Trinajstić information content (AvgIpc) is 2.06. The minimum atomic E-state index is -0.985. The molecular weight excluding hydrogens is 298 g/mol. The van der Waals surface area contributed by atoms with E-state index in [0.29, 0.717) is 4.47 Å². The van der Waals surface area contributed by atoms with Crippen LogP contribution in [0.2, 0.25) is 0 Å². The normalized spacial score (nSPS) is 10.0. The maximum absolute atomic E-state index is 12.8. The van der Waals surface area contributed by atoms with Crippen LogP contribution in [-0.4, -0.2) is 6.86 Å². The molecule has 0 unspecified atom stereocenters. The van der Waals surface area contributed by atoms with Crippen molar-refractivity contribution in [3.63, 3.8) is 0 Å². The highest BCUT2D eigenvalue weighted by Crippen LogP contribution is 2.35. The van der Waals surface area contributed by atoms with Crippen molar-refractivity contribution in [2.45, 2.75) is 0 Å². The molecule has 5 heteroatoms. The van der Waals surface area contributed by atoms with Crippen molar-refractivity contribution in [1.82, 2.24) is 0 Å². The summed E-state index contributed by atoms with van der Waals surface area (Å²) in [5.41, 5.74) is 0. The standard InChI is InChI=1S/C7H4Br2F2O/c8-4-1-2-5(11)6(9)7(4)12-3-10/h1-2H,3H2. The van der Waals surface area contributed by atoms with E-state index in [-0.39, 0.29) is 10.2 Å². The van der Waals surface area contributed by atoms with Crippen molar-refractivity contribution in [2.24, 2.45) is 0 Å². The Labute approximate surface area is 85.0 Å². The first-order valence-electron chi connectivity index (χ1n) is 2.99. The van der Waals surface area contributed by atoms with Gasteiger partial charge in [-0.2, -0.15) is 0 Å². The second-order valence-electron chi connectivity index (χ2n) is 1.93. The first-order valence-corrected chi connectivity index (χ1v) is 4.57. The van der Waals surface area contributed by atoms with Gasteiger partial charge in [-0.1, -0.05) is 0 Å². The molecule has 1 nitrogen and oxygen atoms in total. The molecule has 0 saturated heterocycles. The molecule has 0 aliphatic carbocycles. The second-order valence-corrected chi connectivity index (χ2v) is 3.57. The van der Waals surface area contributed by atoms with Crippen LogP contribution in [0.3, 0.4) is 0 Å². The van der Waals surface area contributed by atoms with Crippen LogP contribution in [0.5, 0.6) is 5.75 Å². The highest BCUT2D eigenvalue weighted by Gasteiger charge is 2.10. The lowest BCUT2D eigenvalue weighted by molar-refractivity contribution is 0.188. The minimum Gasteiger partial charge on any atom is -0.460 e. The van der Waals surface area contributed by atoms with Crippen LogP contribution in [0.25, 0.3) is 0 Å². The Morgan fingerprint density at radius 3 is 2.58 bits per heavy atom. The van der Waals surface area contributed by atoms with E-state index < -0.39 is 12.7 Å². The van der Waals surface area contributed by atoms with Gasteiger partial charge in [0.15, 0.2) is 5.75 Å². The number of ether oxygens (including phenoxy) is 1. The summed E-state index contributed by atoms with van der Waals surface area (Å²) in [6.07, 6.45) is 0. The van der Waals surface area contributed by atoms with Crippen LogP contribution in [-0.2, 0) is 0 Å². The molecule has 0 bridgehead atoms. The van der Waals surface area contributed by atoms with E-state index in [4.69, 9.17) is 0 Å². The smallest absolute Gasteiger partial charge is 0.228 e. The zero-order chi connectivity index (χ0) is 9.14. The topological polar surface area (TPSA) is 9.23 Å². The molecule has 0 amide bonds. The summed E-state index contributed by atoms with van der Waals surface area (Å²) < 4.78 is 29.8. The summed E-state index contributed by atoms with van der Waals surface area (Å²) in [7, 11) is 0. The third kappa shape index (κ3) is 1.95. The molecular formula is C7H4Br2F2O. The van der Waals surface area contributed by atoms with Gasteiger partial charge in [0.1, 0.15) is 5.82 Å². The molecule has 0 saturated carbocycles. The third-order valence-corrected chi connectivity index (χ3v) is 2.56. The molecule has 1 aromatic carbocycles. The molecule has 0 radical (unpaired) electrons. The van der Waals surface area contributed by atoms with Crippen molar-refractivity contribution in [2.75, 3.05) is 6.86 Å². The van der Waals surface area contributed by atoms with Gasteiger partial charge in [-0.25, -0.2) is 8.78 Å². The summed E-state index contributed by atoms with van der Waals surface area (Å²) in [6.45, 7) is -0.985. The van der Waals surface area contributed by atoms with Gasteiger partial charge in [-0.3, -0.25) is 0 Å². The molecule has 1 aromatic rings. The molecule has 0 spiro atoms. The fourth-order valence-electron chi connectivity index (χ4n) is 0.695. The minimum absolute atomic E-state index is 0.120. The Hall–Kier alpha value is -0.160. The Kier molecular flexibility index (Phi) is 3.46. The lowest BCUT2D eigenvalue weighted by Gasteiger charge is -2.06. The van der Waals surface area contributed by atoms with Gasteiger partial charge in [0.25, 0.3) is 0 Å². The lowest BCUT2D eigenvalue weighted by Crippen LogP contribution is -1.93. The van der Waals surface area contributed by atoms with Crippen molar-refractivity contribution >= 4 is 31.9 Å². The Morgan fingerprint density at radius 2 is 2.00 bits per heavy atom. The fourth-order valence-corrected chi connectivity index (χ4v) is 1.87. The van der Waals surface area contributed by atoms with Gasteiger partial charge >= 0.3 is 0 Å². The molecule has 0 fully saturated rings. The van der Waals surface area contributed by atoms with E-state index in [2.05, 4.69) is 36.6 Å². The van der Waals surface area contributed by atoms with E-state index in [1.165, 1.54) is 12.1 Å². The van der Waals surface area contributed by atoms with Crippen molar-refractivity contribution in [1.29, 1.82) is 0 Å². The van der Waals surface area contributed by atoms with Crippen molar-refractivity contribution < 1.29 is 13.5 Å². The number of benzene rings is 1. The molecule has 12 heavy (non-hydrogen) atoms. The van der Waals surface area contributed by atoms with E-state index in [1.54, 1.807) is 0 Å². The van der Waals surface area contributed by atoms with Crippen molar-refractivity contribution in [3.8, 4) is 5.75 Å². The summed E-state index contributed by atoms with van der Waals surface area (Å²) in [4.78, 5) is 0. The largest absolute Gasteiger partial charge is 0.460 e. The van der Waals surface area contributed by atoms with Crippen LogP contribution >= 0.6 is 31.9 Å². The molecule has 0 aromatic heterocycles. The van der Waals surface area contributed by atoms with Crippen LogP contribution in [0, 0.1) is 5.82 Å². The second kappa shape index (κ2) is 4.18.